The lowest BCUT2D eigenvalue weighted by atomic mass is 9.99. The number of amides is 1. The van der Waals surface area contributed by atoms with E-state index in [-0.39, 0.29) is 6.10 Å². The van der Waals surface area contributed by atoms with E-state index in [9.17, 15) is 9.90 Å². The van der Waals surface area contributed by atoms with Crippen LogP contribution in [0.1, 0.15) is 25.7 Å². The molecule has 5 nitrogen and oxygen atoms in total. The second kappa shape index (κ2) is 4.08. The van der Waals surface area contributed by atoms with Gasteiger partial charge in [-0.3, -0.25) is 9.69 Å². The van der Waals surface area contributed by atoms with E-state index in [1.807, 2.05) is 0 Å². The topological polar surface area (TPSA) is 92.6 Å². The van der Waals surface area contributed by atoms with Crippen molar-refractivity contribution in [2.75, 3.05) is 6.54 Å². The van der Waals surface area contributed by atoms with Crippen molar-refractivity contribution in [3.63, 3.8) is 0 Å². The summed E-state index contributed by atoms with van der Waals surface area (Å²) in [7, 11) is 0. The maximum absolute atomic E-state index is 10.9. The van der Waals surface area contributed by atoms with Crippen LogP contribution in [0, 0.1) is 0 Å². The zero-order valence-electron chi connectivity index (χ0n) is 8.80. The first kappa shape index (κ1) is 10.9. The maximum atomic E-state index is 10.9. The standard InChI is InChI=1S/C10H19N3O2/c11-9(10(12)15)5-13-6-1-2-7(13)4-8(14)3-6/h6-9,14H,1-5,11H2,(H2,12,15). The molecule has 5 heteroatoms. The highest BCUT2D eigenvalue weighted by atomic mass is 16.3. The van der Waals surface area contributed by atoms with E-state index < -0.39 is 11.9 Å². The zero-order valence-corrected chi connectivity index (χ0v) is 8.80. The van der Waals surface area contributed by atoms with Gasteiger partial charge in [0.25, 0.3) is 0 Å². The molecular weight excluding hydrogens is 194 g/mol. The van der Waals surface area contributed by atoms with E-state index in [2.05, 4.69) is 4.90 Å². The lowest BCUT2D eigenvalue weighted by molar-refractivity contribution is -0.120. The molecule has 0 saturated carbocycles. The number of aliphatic hydroxyl groups is 1. The lowest BCUT2D eigenvalue weighted by Gasteiger charge is -2.37. The van der Waals surface area contributed by atoms with E-state index in [0.717, 1.165) is 25.7 Å². The van der Waals surface area contributed by atoms with Gasteiger partial charge in [-0.05, 0) is 25.7 Å². The number of primary amides is 1. The van der Waals surface area contributed by atoms with Crippen molar-refractivity contribution in [2.45, 2.75) is 49.9 Å². The quantitative estimate of drug-likeness (QED) is 0.548. The second-order valence-corrected chi connectivity index (χ2v) is 4.72. The van der Waals surface area contributed by atoms with Crippen molar-refractivity contribution in [2.24, 2.45) is 11.5 Å². The minimum Gasteiger partial charge on any atom is -0.393 e. The smallest absolute Gasteiger partial charge is 0.235 e. The molecule has 2 bridgehead atoms. The third-order valence-electron chi connectivity index (χ3n) is 3.63. The molecule has 0 radical (unpaired) electrons. The molecule has 0 aromatic rings. The number of hydrogen-bond donors (Lipinski definition) is 3. The Hall–Kier alpha value is -0.650. The number of nitrogens with two attached hydrogens (primary N) is 2. The van der Waals surface area contributed by atoms with Crippen LogP contribution in [0.3, 0.4) is 0 Å². The van der Waals surface area contributed by atoms with E-state index >= 15 is 0 Å². The van der Waals surface area contributed by atoms with Gasteiger partial charge in [0.2, 0.25) is 5.91 Å². The Kier molecular flexibility index (Phi) is 2.95. The third-order valence-corrected chi connectivity index (χ3v) is 3.63. The van der Waals surface area contributed by atoms with Crippen molar-refractivity contribution >= 4 is 5.91 Å². The predicted molar refractivity (Wildman–Crippen MR) is 55.9 cm³/mol. The first-order valence-corrected chi connectivity index (χ1v) is 5.56. The molecule has 3 atom stereocenters. The van der Waals surface area contributed by atoms with Gasteiger partial charge in [-0.15, -0.1) is 0 Å². The molecule has 5 N–H and O–H groups in total. The van der Waals surface area contributed by atoms with Crippen LogP contribution >= 0.6 is 0 Å². The molecule has 3 unspecified atom stereocenters. The molecular formula is C10H19N3O2. The highest BCUT2D eigenvalue weighted by molar-refractivity contribution is 5.79. The van der Waals surface area contributed by atoms with E-state index in [0.29, 0.717) is 18.6 Å². The Bertz CT molecular complexity index is 245. The van der Waals surface area contributed by atoms with Gasteiger partial charge in [0, 0.05) is 18.6 Å². The number of nitrogens with zero attached hydrogens (tertiary/aromatic N) is 1. The van der Waals surface area contributed by atoms with Gasteiger partial charge in [-0.1, -0.05) is 0 Å². The Balaban J connectivity index is 1.96. The average molecular weight is 213 g/mol. The fourth-order valence-corrected chi connectivity index (χ4v) is 2.86. The highest BCUT2D eigenvalue weighted by Crippen LogP contribution is 2.35. The fraction of sp³-hybridized carbons (Fsp3) is 0.900. The molecule has 2 saturated heterocycles. The van der Waals surface area contributed by atoms with Crippen molar-refractivity contribution in [3.05, 3.63) is 0 Å². The molecule has 2 aliphatic heterocycles. The second-order valence-electron chi connectivity index (χ2n) is 4.72. The Morgan fingerprint density at radius 2 is 1.93 bits per heavy atom. The normalized spacial score (nSPS) is 37.9. The average Bonchev–Trinajstić information content (AvgIpc) is 2.42. The molecule has 2 rings (SSSR count). The van der Waals surface area contributed by atoms with Gasteiger partial charge in [0.05, 0.1) is 12.1 Å². The Morgan fingerprint density at radius 3 is 2.40 bits per heavy atom. The molecule has 0 spiro atoms. The summed E-state index contributed by atoms with van der Waals surface area (Å²) in [5, 5.41) is 9.60. The van der Waals surface area contributed by atoms with Crippen LogP contribution in [-0.2, 0) is 4.79 Å². The summed E-state index contributed by atoms with van der Waals surface area (Å²) in [6, 6.07) is 0.205. The first-order valence-electron chi connectivity index (χ1n) is 5.56. The van der Waals surface area contributed by atoms with Gasteiger partial charge in [-0.25, -0.2) is 0 Å². The monoisotopic (exact) mass is 213 g/mol. The fourth-order valence-electron chi connectivity index (χ4n) is 2.86. The summed E-state index contributed by atoms with van der Waals surface area (Å²) in [6.07, 6.45) is 3.65. The SMILES string of the molecule is NC(=O)C(N)CN1C2CCC1CC(O)C2. The number of fused-ring (bicyclic) bond motifs is 2. The van der Waals surface area contributed by atoms with Crippen LogP contribution in [0.5, 0.6) is 0 Å². The summed E-state index contributed by atoms with van der Waals surface area (Å²) in [6.45, 7) is 0.539. The van der Waals surface area contributed by atoms with Crippen LogP contribution < -0.4 is 11.5 Å². The number of piperidine rings is 1. The summed E-state index contributed by atoms with van der Waals surface area (Å²) < 4.78 is 0. The number of rotatable bonds is 3. The minimum atomic E-state index is -0.580. The minimum absolute atomic E-state index is 0.177. The van der Waals surface area contributed by atoms with Gasteiger partial charge in [-0.2, -0.15) is 0 Å². The highest BCUT2D eigenvalue weighted by Gasteiger charge is 2.40. The number of carbonyl (C=O) groups is 1. The molecule has 0 aromatic carbocycles. The van der Waals surface area contributed by atoms with Crippen LogP contribution in [0.4, 0.5) is 0 Å². The number of carbonyl (C=O) groups excluding carboxylic acids is 1. The molecule has 2 aliphatic rings. The Morgan fingerprint density at radius 1 is 1.40 bits per heavy atom. The predicted octanol–water partition coefficient (Wildman–Crippen LogP) is -1.21. The van der Waals surface area contributed by atoms with Crippen molar-refractivity contribution in [1.29, 1.82) is 0 Å². The summed E-state index contributed by atoms with van der Waals surface area (Å²) in [5.41, 5.74) is 10.8. The number of aliphatic hydroxyl groups excluding tert-OH is 1. The van der Waals surface area contributed by atoms with Crippen molar-refractivity contribution in [3.8, 4) is 0 Å². The molecule has 0 aliphatic carbocycles. The van der Waals surface area contributed by atoms with Crippen LogP contribution in [0.15, 0.2) is 0 Å². The van der Waals surface area contributed by atoms with Gasteiger partial charge < -0.3 is 16.6 Å². The third kappa shape index (κ3) is 2.14. The molecule has 1 amide bonds. The van der Waals surface area contributed by atoms with E-state index in [4.69, 9.17) is 11.5 Å². The van der Waals surface area contributed by atoms with E-state index in [1.165, 1.54) is 0 Å². The van der Waals surface area contributed by atoms with Crippen molar-refractivity contribution < 1.29 is 9.90 Å². The summed E-state index contributed by atoms with van der Waals surface area (Å²) in [4.78, 5) is 13.1. The Labute approximate surface area is 89.4 Å². The van der Waals surface area contributed by atoms with E-state index in [1.54, 1.807) is 0 Å². The lowest BCUT2D eigenvalue weighted by Crippen LogP contribution is -2.52. The molecule has 15 heavy (non-hydrogen) atoms. The van der Waals surface area contributed by atoms with Crippen LogP contribution in [-0.4, -0.2) is 46.7 Å². The largest absolute Gasteiger partial charge is 0.393 e. The number of hydrogen-bond acceptors (Lipinski definition) is 4. The van der Waals surface area contributed by atoms with Gasteiger partial charge in [0.15, 0.2) is 0 Å². The summed E-state index contributed by atoms with van der Waals surface area (Å²) >= 11 is 0. The molecule has 2 heterocycles. The maximum Gasteiger partial charge on any atom is 0.235 e. The van der Waals surface area contributed by atoms with Crippen LogP contribution in [0.25, 0.3) is 0 Å². The first-order chi connectivity index (χ1) is 7.08. The van der Waals surface area contributed by atoms with Crippen LogP contribution in [0.2, 0.25) is 0 Å². The zero-order chi connectivity index (χ0) is 11.0. The van der Waals surface area contributed by atoms with Crippen molar-refractivity contribution in [1.82, 2.24) is 4.90 Å². The molecule has 2 fully saturated rings. The summed E-state index contributed by atoms with van der Waals surface area (Å²) in [5.74, 6) is -0.444. The van der Waals surface area contributed by atoms with Gasteiger partial charge >= 0.3 is 0 Å². The molecule has 86 valence electrons. The molecule has 0 aromatic heterocycles. The van der Waals surface area contributed by atoms with Gasteiger partial charge in [0.1, 0.15) is 0 Å².